The van der Waals surface area contributed by atoms with E-state index in [-0.39, 0.29) is 0 Å². The summed E-state index contributed by atoms with van der Waals surface area (Å²) in [4.78, 5) is 2.31. The van der Waals surface area contributed by atoms with Crippen molar-refractivity contribution in [1.82, 2.24) is 0 Å². The maximum Gasteiger partial charge on any atom is 0.136 e. The number of fused-ring (bicyclic) bond motifs is 6. The van der Waals surface area contributed by atoms with Crippen molar-refractivity contribution in [1.29, 1.82) is 0 Å². The Bertz CT molecular complexity index is 2730. The minimum atomic E-state index is 0.841. The minimum Gasteiger partial charge on any atom is -0.456 e. The predicted octanol–water partition coefficient (Wildman–Crippen LogP) is 14.0. The number of nitrogens with zero attached hydrogens (tertiary/aromatic N) is 1. The lowest BCUT2D eigenvalue weighted by Gasteiger charge is -2.26. The van der Waals surface area contributed by atoms with E-state index in [2.05, 4.69) is 187 Å². The summed E-state index contributed by atoms with van der Waals surface area (Å²) in [5.41, 5.74) is 13.7. The van der Waals surface area contributed by atoms with Crippen LogP contribution in [-0.4, -0.2) is 0 Å². The zero-order valence-corrected chi connectivity index (χ0v) is 27.7. The molecular formula is C48H31NO2. The zero-order valence-electron chi connectivity index (χ0n) is 27.7. The molecule has 2 heterocycles. The van der Waals surface area contributed by atoms with E-state index in [1.807, 2.05) is 6.07 Å². The smallest absolute Gasteiger partial charge is 0.136 e. The highest BCUT2D eigenvalue weighted by Crippen LogP contribution is 2.42. The van der Waals surface area contributed by atoms with Crippen molar-refractivity contribution >= 4 is 60.9 Å². The Labute approximate surface area is 295 Å². The fourth-order valence-corrected chi connectivity index (χ4v) is 7.30. The molecule has 51 heavy (non-hydrogen) atoms. The van der Waals surface area contributed by atoms with Crippen molar-refractivity contribution in [2.75, 3.05) is 4.90 Å². The lowest BCUT2D eigenvalue weighted by atomic mass is 10.0. The Morgan fingerprint density at radius 2 is 0.608 bits per heavy atom. The number of anilines is 3. The van der Waals surface area contributed by atoms with Gasteiger partial charge in [-0.1, -0.05) is 121 Å². The average Bonchev–Trinajstić information content (AvgIpc) is 3.75. The van der Waals surface area contributed by atoms with Gasteiger partial charge in [-0.05, 0) is 100 Å². The molecule has 2 aromatic heterocycles. The molecule has 0 amide bonds. The van der Waals surface area contributed by atoms with Crippen LogP contribution in [0.3, 0.4) is 0 Å². The van der Waals surface area contributed by atoms with E-state index in [1.165, 1.54) is 27.8 Å². The summed E-state index contributed by atoms with van der Waals surface area (Å²) < 4.78 is 12.9. The number of hydrogen-bond acceptors (Lipinski definition) is 3. The summed E-state index contributed by atoms with van der Waals surface area (Å²) in [6.45, 7) is 0. The first-order chi connectivity index (χ1) is 25.2. The van der Waals surface area contributed by atoms with Crippen LogP contribution in [0.1, 0.15) is 0 Å². The van der Waals surface area contributed by atoms with Crippen molar-refractivity contribution in [3.63, 3.8) is 0 Å². The first kappa shape index (κ1) is 29.1. The van der Waals surface area contributed by atoms with Crippen LogP contribution in [0, 0.1) is 0 Å². The number of furan rings is 2. The van der Waals surface area contributed by atoms with Gasteiger partial charge in [-0.15, -0.1) is 0 Å². The van der Waals surface area contributed by atoms with Crippen LogP contribution in [0.15, 0.2) is 197 Å². The fourth-order valence-electron chi connectivity index (χ4n) is 7.30. The largest absolute Gasteiger partial charge is 0.456 e. The molecule has 10 rings (SSSR count). The van der Waals surface area contributed by atoms with Crippen LogP contribution in [0.4, 0.5) is 17.1 Å². The molecule has 0 aliphatic heterocycles. The van der Waals surface area contributed by atoms with Gasteiger partial charge < -0.3 is 13.7 Å². The normalized spacial score (nSPS) is 11.5. The highest BCUT2D eigenvalue weighted by molar-refractivity contribution is 6.15. The third-order valence-electron chi connectivity index (χ3n) is 9.88. The molecular weight excluding hydrogens is 623 g/mol. The first-order valence-corrected chi connectivity index (χ1v) is 17.2. The van der Waals surface area contributed by atoms with Crippen molar-refractivity contribution in [2.45, 2.75) is 0 Å². The molecule has 10 aromatic rings. The summed E-state index contributed by atoms with van der Waals surface area (Å²) in [5, 5.41) is 4.20. The van der Waals surface area contributed by atoms with Gasteiger partial charge >= 0.3 is 0 Å². The van der Waals surface area contributed by atoms with Crippen molar-refractivity contribution in [2.24, 2.45) is 0 Å². The predicted molar refractivity (Wildman–Crippen MR) is 212 cm³/mol. The molecule has 0 aliphatic carbocycles. The van der Waals surface area contributed by atoms with E-state index in [4.69, 9.17) is 8.83 Å². The molecule has 0 N–H and O–H groups in total. The molecule has 0 saturated carbocycles. The summed E-state index contributed by atoms with van der Waals surface area (Å²) in [6, 6.07) is 66.2. The second-order valence-electron chi connectivity index (χ2n) is 13.0. The second-order valence-corrected chi connectivity index (χ2v) is 13.0. The molecule has 0 fully saturated rings. The Morgan fingerprint density at radius 3 is 1.10 bits per heavy atom. The van der Waals surface area contributed by atoms with E-state index in [0.29, 0.717) is 0 Å². The van der Waals surface area contributed by atoms with Crippen molar-refractivity contribution < 1.29 is 8.83 Å². The van der Waals surface area contributed by atoms with E-state index in [9.17, 15) is 0 Å². The zero-order chi connectivity index (χ0) is 33.7. The minimum absolute atomic E-state index is 0.841. The van der Waals surface area contributed by atoms with Gasteiger partial charge in [-0.2, -0.15) is 0 Å². The van der Waals surface area contributed by atoms with Crippen molar-refractivity contribution in [3.05, 3.63) is 188 Å². The molecule has 3 nitrogen and oxygen atoms in total. The number of rotatable bonds is 6. The third kappa shape index (κ3) is 5.15. The van der Waals surface area contributed by atoms with Crippen LogP contribution >= 0.6 is 0 Å². The standard InChI is InChI=1S/C48H31NO2/c1-4-10-32(11-5-1)35-16-21-38(22-17-35)49(39-23-18-36(19-24-39)33-12-6-2-7-13-33)40-25-27-46-42(29-40)44-31-47-43(30-48(44)51-46)41-28-37(20-26-45(41)50-47)34-14-8-3-9-15-34/h1-31H. The van der Waals surface area contributed by atoms with Gasteiger partial charge in [0, 0.05) is 38.6 Å². The Balaban J connectivity index is 1.10. The fraction of sp³-hybridized carbons (Fsp3) is 0. The van der Waals surface area contributed by atoms with E-state index in [1.54, 1.807) is 0 Å². The van der Waals surface area contributed by atoms with Crippen LogP contribution in [-0.2, 0) is 0 Å². The van der Waals surface area contributed by atoms with E-state index in [0.717, 1.165) is 66.5 Å². The maximum absolute atomic E-state index is 6.51. The Hall–Kier alpha value is -6.84. The Morgan fingerprint density at radius 1 is 0.255 bits per heavy atom. The summed E-state index contributed by atoms with van der Waals surface area (Å²) in [6.07, 6.45) is 0. The lowest BCUT2D eigenvalue weighted by molar-refractivity contribution is 0.664. The monoisotopic (exact) mass is 653 g/mol. The van der Waals surface area contributed by atoms with Gasteiger partial charge in [0.15, 0.2) is 0 Å². The van der Waals surface area contributed by atoms with Crippen LogP contribution in [0.2, 0.25) is 0 Å². The molecule has 0 bridgehead atoms. The highest BCUT2D eigenvalue weighted by atomic mass is 16.3. The van der Waals surface area contributed by atoms with E-state index < -0.39 is 0 Å². The molecule has 240 valence electrons. The summed E-state index contributed by atoms with van der Waals surface area (Å²) in [7, 11) is 0. The topological polar surface area (TPSA) is 29.5 Å². The van der Waals surface area contributed by atoms with Crippen LogP contribution in [0.5, 0.6) is 0 Å². The SMILES string of the molecule is c1ccc(-c2ccc(N(c3ccc(-c4ccccc4)cc3)c3ccc4oc5cc6c(cc5c4c3)oc3ccc(-c4ccccc4)cc36)cc2)cc1. The van der Waals surface area contributed by atoms with Gasteiger partial charge in [0.25, 0.3) is 0 Å². The van der Waals surface area contributed by atoms with Gasteiger partial charge in [-0.25, -0.2) is 0 Å². The molecule has 0 atom stereocenters. The lowest BCUT2D eigenvalue weighted by Crippen LogP contribution is -2.09. The Kier molecular flexibility index (Phi) is 6.81. The van der Waals surface area contributed by atoms with Crippen LogP contribution < -0.4 is 4.90 Å². The maximum atomic E-state index is 6.51. The van der Waals surface area contributed by atoms with Gasteiger partial charge in [0.05, 0.1) is 0 Å². The van der Waals surface area contributed by atoms with Gasteiger partial charge in [0.1, 0.15) is 22.3 Å². The number of benzene rings is 8. The number of hydrogen-bond donors (Lipinski definition) is 0. The molecule has 0 radical (unpaired) electrons. The molecule has 0 saturated heterocycles. The molecule has 0 spiro atoms. The molecule has 8 aromatic carbocycles. The first-order valence-electron chi connectivity index (χ1n) is 17.2. The molecule has 3 heteroatoms. The quantitative estimate of drug-likeness (QED) is 0.179. The summed E-state index contributed by atoms with van der Waals surface area (Å²) >= 11 is 0. The van der Waals surface area contributed by atoms with Gasteiger partial charge in [-0.3, -0.25) is 0 Å². The summed E-state index contributed by atoms with van der Waals surface area (Å²) in [5.74, 6) is 0. The molecule has 0 unspecified atom stereocenters. The highest BCUT2D eigenvalue weighted by Gasteiger charge is 2.18. The molecule has 0 aliphatic rings. The van der Waals surface area contributed by atoms with Gasteiger partial charge in [0.2, 0.25) is 0 Å². The second kappa shape index (κ2) is 11.9. The van der Waals surface area contributed by atoms with E-state index >= 15 is 0 Å². The van der Waals surface area contributed by atoms with Crippen molar-refractivity contribution in [3.8, 4) is 33.4 Å². The average molecular weight is 654 g/mol. The van der Waals surface area contributed by atoms with Crippen LogP contribution in [0.25, 0.3) is 77.3 Å². The third-order valence-corrected chi connectivity index (χ3v) is 9.88.